The van der Waals surface area contributed by atoms with Crippen molar-refractivity contribution in [3.05, 3.63) is 59.7 Å². The highest BCUT2D eigenvalue weighted by atomic mass is 16.5. The van der Waals surface area contributed by atoms with Gasteiger partial charge >= 0.3 is 0 Å². The number of methoxy groups -OCH3 is 2. The molecular weight excluding hydrogens is 284 g/mol. The van der Waals surface area contributed by atoms with Gasteiger partial charge in [0.1, 0.15) is 11.5 Å². The van der Waals surface area contributed by atoms with Crippen LogP contribution < -0.4 is 9.47 Å². The van der Waals surface area contributed by atoms with E-state index in [4.69, 9.17) is 9.47 Å². The van der Waals surface area contributed by atoms with Crippen LogP contribution >= 0.6 is 0 Å². The second kappa shape index (κ2) is 7.54. The second-order valence-electron chi connectivity index (χ2n) is 6.53. The summed E-state index contributed by atoms with van der Waals surface area (Å²) < 4.78 is 10.4. The van der Waals surface area contributed by atoms with Crippen LogP contribution in [0.3, 0.4) is 0 Å². The van der Waals surface area contributed by atoms with Crippen LogP contribution in [-0.4, -0.2) is 14.2 Å². The van der Waals surface area contributed by atoms with E-state index in [-0.39, 0.29) is 0 Å². The molecule has 0 amide bonds. The van der Waals surface area contributed by atoms with Gasteiger partial charge in [-0.15, -0.1) is 0 Å². The summed E-state index contributed by atoms with van der Waals surface area (Å²) in [4.78, 5) is 0. The van der Waals surface area contributed by atoms with Crippen molar-refractivity contribution < 1.29 is 9.47 Å². The SMILES string of the molecule is COc1ccc(CCC2CC2CCc2ccc(OC)cc2)cc1. The molecular formula is C21H26O2. The normalized spacial score (nSPS) is 19.4. The third-order valence-corrected chi connectivity index (χ3v) is 4.99. The zero-order valence-corrected chi connectivity index (χ0v) is 14.1. The molecule has 0 bridgehead atoms. The standard InChI is InChI=1S/C21H26O2/c1-22-20-11-5-16(6-12-20)3-9-18-15-19(18)10-4-17-7-13-21(23-2)14-8-17/h5-8,11-14,18-19H,3-4,9-10,15H2,1-2H3. The van der Waals surface area contributed by atoms with Gasteiger partial charge in [0.05, 0.1) is 14.2 Å². The highest BCUT2D eigenvalue weighted by molar-refractivity contribution is 5.28. The first-order valence-corrected chi connectivity index (χ1v) is 8.54. The van der Waals surface area contributed by atoms with Gasteiger partial charge in [-0.25, -0.2) is 0 Å². The molecule has 2 unspecified atom stereocenters. The summed E-state index contributed by atoms with van der Waals surface area (Å²) in [6.07, 6.45) is 6.42. The topological polar surface area (TPSA) is 18.5 Å². The number of benzene rings is 2. The zero-order chi connectivity index (χ0) is 16.1. The van der Waals surface area contributed by atoms with Gasteiger partial charge in [0.2, 0.25) is 0 Å². The van der Waals surface area contributed by atoms with E-state index in [1.165, 1.54) is 43.2 Å². The largest absolute Gasteiger partial charge is 0.497 e. The average molecular weight is 310 g/mol. The Kier molecular flexibility index (Phi) is 5.22. The Bertz CT molecular complexity index is 545. The summed E-state index contributed by atoms with van der Waals surface area (Å²) in [7, 11) is 3.43. The average Bonchev–Trinajstić information content (AvgIpc) is 3.37. The van der Waals surface area contributed by atoms with Crippen LogP contribution in [0.2, 0.25) is 0 Å². The van der Waals surface area contributed by atoms with Gasteiger partial charge in [0.15, 0.2) is 0 Å². The summed E-state index contributed by atoms with van der Waals surface area (Å²) in [6, 6.07) is 17.0. The summed E-state index contributed by atoms with van der Waals surface area (Å²) >= 11 is 0. The third kappa shape index (κ3) is 4.51. The van der Waals surface area contributed by atoms with Crippen molar-refractivity contribution in [3.8, 4) is 11.5 Å². The van der Waals surface area contributed by atoms with E-state index in [0.29, 0.717) is 0 Å². The fourth-order valence-corrected chi connectivity index (χ4v) is 3.31. The number of rotatable bonds is 8. The van der Waals surface area contributed by atoms with Gasteiger partial charge in [0.25, 0.3) is 0 Å². The van der Waals surface area contributed by atoms with E-state index in [0.717, 1.165) is 23.3 Å². The van der Waals surface area contributed by atoms with Crippen LogP contribution in [0.4, 0.5) is 0 Å². The van der Waals surface area contributed by atoms with Gasteiger partial charge in [-0.3, -0.25) is 0 Å². The van der Waals surface area contributed by atoms with Crippen molar-refractivity contribution in [2.45, 2.75) is 32.1 Å². The number of aryl methyl sites for hydroxylation is 2. The Hall–Kier alpha value is -1.96. The highest BCUT2D eigenvalue weighted by Crippen LogP contribution is 2.45. The van der Waals surface area contributed by atoms with Crippen molar-refractivity contribution in [1.29, 1.82) is 0 Å². The Morgan fingerprint density at radius 2 is 1.09 bits per heavy atom. The first-order valence-electron chi connectivity index (χ1n) is 8.54. The molecule has 0 aliphatic heterocycles. The molecule has 3 rings (SSSR count). The maximum Gasteiger partial charge on any atom is 0.118 e. The van der Waals surface area contributed by atoms with Crippen molar-refractivity contribution >= 4 is 0 Å². The van der Waals surface area contributed by atoms with E-state index in [2.05, 4.69) is 48.5 Å². The molecule has 0 N–H and O–H groups in total. The van der Waals surface area contributed by atoms with Gasteiger partial charge in [0, 0.05) is 0 Å². The van der Waals surface area contributed by atoms with E-state index in [1.807, 2.05) is 0 Å². The van der Waals surface area contributed by atoms with E-state index in [1.54, 1.807) is 14.2 Å². The molecule has 0 spiro atoms. The molecule has 1 fully saturated rings. The van der Waals surface area contributed by atoms with Crippen molar-refractivity contribution in [1.82, 2.24) is 0 Å². The predicted octanol–water partition coefficient (Wildman–Crippen LogP) is 4.91. The van der Waals surface area contributed by atoms with Gasteiger partial charge in [-0.1, -0.05) is 24.3 Å². The molecule has 2 aromatic rings. The van der Waals surface area contributed by atoms with Gasteiger partial charge < -0.3 is 9.47 Å². The molecule has 2 nitrogen and oxygen atoms in total. The quantitative estimate of drug-likeness (QED) is 0.690. The second-order valence-corrected chi connectivity index (χ2v) is 6.53. The van der Waals surface area contributed by atoms with Crippen LogP contribution in [-0.2, 0) is 12.8 Å². The molecule has 1 aliphatic rings. The van der Waals surface area contributed by atoms with Crippen molar-refractivity contribution in [2.75, 3.05) is 14.2 Å². The molecule has 23 heavy (non-hydrogen) atoms. The first kappa shape index (κ1) is 15.9. The Balaban J connectivity index is 1.37. The number of ether oxygens (including phenoxy) is 2. The van der Waals surface area contributed by atoms with E-state index >= 15 is 0 Å². The summed E-state index contributed by atoms with van der Waals surface area (Å²) in [6.45, 7) is 0. The Labute approximate surface area is 139 Å². The molecule has 1 aliphatic carbocycles. The molecule has 1 saturated carbocycles. The molecule has 2 heteroatoms. The minimum Gasteiger partial charge on any atom is -0.497 e. The lowest BCUT2D eigenvalue weighted by molar-refractivity contribution is 0.414. The van der Waals surface area contributed by atoms with Crippen molar-refractivity contribution in [3.63, 3.8) is 0 Å². The summed E-state index contributed by atoms with van der Waals surface area (Å²) in [5.41, 5.74) is 2.85. The van der Waals surface area contributed by atoms with Crippen LogP contribution in [0.25, 0.3) is 0 Å². The summed E-state index contributed by atoms with van der Waals surface area (Å²) in [5.74, 6) is 3.74. The van der Waals surface area contributed by atoms with Gasteiger partial charge in [-0.2, -0.15) is 0 Å². The lowest BCUT2D eigenvalue weighted by Crippen LogP contribution is -1.92. The Morgan fingerprint density at radius 3 is 1.43 bits per heavy atom. The van der Waals surface area contributed by atoms with E-state index < -0.39 is 0 Å². The lowest BCUT2D eigenvalue weighted by Gasteiger charge is -2.05. The van der Waals surface area contributed by atoms with E-state index in [9.17, 15) is 0 Å². The molecule has 122 valence electrons. The monoisotopic (exact) mass is 310 g/mol. The molecule has 0 aromatic heterocycles. The van der Waals surface area contributed by atoms with Crippen LogP contribution in [0.1, 0.15) is 30.4 Å². The fourth-order valence-electron chi connectivity index (χ4n) is 3.31. The molecule has 0 saturated heterocycles. The van der Waals surface area contributed by atoms with Crippen molar-refractivity contribution in [2.24, 2.45) is 11.8 Å². The highest BCUT2D eigenvalue weighted by Gasteiger charge is 2.35. The molecule has 2 atom stereocenters. The van der Waals surface area contributed by atoms with Gasteiger partial charge in [-0.05, 0) is 79.3 Å². The fraction of sp³-hybridized carbons (Fsp3) is 0.429. The smallest absolute Gasteiger partial charge is 0.118 e. The maximum absolute atomic E-state index is 5.20. The Morgan fingerprint density at radius 1 is 0.696 bits per heavy atom. The van der Waals surface area contributed by atoms with Crippen LogP contribution in [0, 0.1) is 11.8 Å². The maximum atomic E-state index is 5.20. The minimum atomic E-state index is 0.926. The predicted molar refractivity (Wildman–Crippen MR) is 94.2 cm³/mol. The zero-order valence-electron chi connectivity index (χ0n) is 14.1. The third-order valence-electron chi connectivity index (χ3n) is 4.99. The minimum absolute atomic E-state index is 0.926. The molecule has 0 heterocycles. The number of hydrogen-bond acceptors (Lipinski definition) is 2. The van der Waals surface area contributed by atoms with Crippen LogP contribution in [0.15, 0.2) is 48.5 Å². The first-order chi connectivity index (χ1) is 11.3. The number of hydrogen-bond donors (Lipinski definition) is 0. The van der Waals surface area contributed by atoms with Crippen LogP contribution in [0.5, 0.6) is 11.5 Å². The summed E-state index contributed by atoms with van der Waals surface area (Å²) in [5, 5.41) is 0. The molecule has 0 radical (unpaired) electrons. The molecule has 2 aromatic carbocycles. The lowest BCUT2D eigenvalue weighted by atomic mass is 10.0.